The zero-order valence-electron chi connectivity index (χ0n) is 14.4. The van der Waals surface area contributed by atoms with Crippen LogP contribution in [0.3, 0.4) is 0 Å². The number of hydrogen-bond donors (Lipinski definition) is 1. The molecule has 1 aliphatic rings. The summed E-state index contributed by atoms with van der Waals surface area (Å²) in [5.74, 6) is -0.249. The normalized spacial score (nSPS) is 14.2. The summed E-state index contributed by atoms with van der Waals surface area (Å²) in [5.41, 5.74) is 3.20. The number of benzene rings is 1. The average molecular weight is 384 g/mol. The second kappa shape index (κ2) is 8.65. The van der Waals surface area contributed by atoms with Crippen molar-refractivity contribution in [3.8, 4) is 0 Å². The van der Waals surface area contributed by atoms with Gasteiger partial charge in [-0.1, -0.05) is 6.07 Å². The van der Waals surface area contributed by atoms with Gasteiger partial charge in [0.2, 0.25) is 0 Å². The molecule has 0 aliphatic carbocycles. The van der Waals surface area contributed by atoms with Crippen molar-refractivity contribution < 1.29 is 9.18 Å². The SMILES string of the molecule is CN(C)[C@H](CCNC(=O)N1Cc2ccc(F)cc2C1)c1ccsc1.Cl. The number of nitrogens with one attached hydrogen (secondary N) is 1. The van der Waals surface area contributed by atoms with E-state index in [1.807, 2.05) is 0 Å². The number of amides is 2. The number of halogens is 2. The highest BCUT2D eigenvalue weighted by Gasteiger charge is 2.23. The summed E-state index contributed by atoms with van der Waals surface area (Å²) in [6, 6.07) is 7.06. The number of hydrogen-bond acceptors (Lipinski definition) is 3. The second-order valence-corrected chi connectivity index (χ2v) is 7.11. The smallest absolute Gasteiger partial charge is 0.318 e. The average Bonchev–Trinajstić information content (AvgIpc) is 3.19. The van der Waals surface area contributed by atoms with Crippen LogP contribution in [0.1, 0.15) is 29.2 Å². The van der Waals surface area contributed by atoms with Gasteiger partial charge in [-0.25, -0.2) is 9.18 Å². The maximum absolute atomic E-state index is 13.3. The molecule has 1 aliphatic heterocycles. The van der Waals surface area contributed by atoms with Gasteiger partial charge in [0.25, 0.3) is 0 Å². The van der Waals surface area contributed by atoms with Crippen molar-refractivity contribution in [2.45, 2.75) is 25.6 Å². The monoisotopic (exact) mass is 383 g/mol. The highest BCUT2D eigenvalue weighted by molar-refractivity contribution is 7.07. The van der Waals surface area contributed by atoms with Gasteiger partial charge >= 0.3 is 6.03 Å². The predicted octanol–water partition coefficient (Wildman–Crippen LogP) is 4.03. The van der Waals surface area contributed by atoms with E-state index < -0.39 is 0 Å². The molecule has 2 amide bonds. The Balaban J connectivity index is 0.00000225. The van der Waals surface area contributed by atoms with E-state index in [4.69, 9.17) is 0 Å². The molecule has 0 bridgehead atoms. The fraction of sp³-hybridized carbons (Fsp3) is 0.389. The van der Waals surface area contributed by atoms with Crippen molar-refractivity contribution in [3.05, 3.63) is 57.5 Å². The van der Waals surface area contributed by atoms with Gasteiger partial charge in [-0.2, -0.15) is 11.3 Å². The lowest BCUT2D eigenvalue weighted by Crippen LogP contribution is -2.38. The Morgan fingerprint density at radius 1 is 1.32 bits per heavy atom. The molecule has 25 heavy (non-hydrogen) atoms. The van der Waals surface area contributed by atoms with Crippen LogP contribution >= 0.6 is 23.7 Å². The third-order valence-electron chi connectivity index (χ3n) is 4.42. The third kappa shape index (κ3) is 4.71. The van der Waals surface area contributed by atoms with Gasteiger partial charge in [0.1, 0.15) is 5.82 Å². The number of urea groups is 1. The summed E-state index contributed by atoms with van der Waals surface area (Å²) >= 11 is 1.69. The quantitative estimate of drug-likeness (QED) is 0.846. The molecule has 2 aromatic rings. The van der Waals surface area contributed by atoms with Crippen LogP contribution in [0, 0.1) is 5.82 Å². The van der Waals surface area contributed by atoms with E-state index in [1.165, 1.54) is 17.7 Å². The van der Waals surface area contributed by atoms with E-state index in [9.17, 15) is 9.18 Å². The lowest BCUT2D eigenvalue weighted by atomic mass is 10.1. The Bertz CT molecular complexity index is 708. The first-order valence-corrected chi connectivity index (χ1v) is 8.97. The Morgan fingerprint density at radius 3 is 2.76 bits per heavy atom. The van der Waals surface area contributed by atoms with Gasteiger partial charge in [-0.05, 0) is 66.2 Å². The number of thiophene rings is 1. The molecule has 2 heterocycles. The molecule has 1 aromatic heterocycles. The van der Waals surface area contributed by atoms with Crippen LogP contribution in [-0.2, 0) is 13.1 Å². The van der Waals surface area contributed by atoms with Crippen molar-refractivity contribution in [1.29, 1.82) is 0 Å². The van der Waals surface area contributed by atoms with E-state index in [0.717, 1.165) is 17.5 Å². The minimum absolute atomic E-state index is 0. The lowest BCUT2D eigenvalue weighted by molar-refractivity contribution is 0.196. The zero-order chi connectivity index (χ0) is 17.1. The third-order valence-corrected chi connectivity index (χ3v) is 5.12. The van der Waals surface area contributed by atoms with Crippen LogP contribution in [0.15, 0.2) is 35.0 Å². The number of rotatable bonds is 5. The Kier molecular flexibility index (Phi) is 6.81. The lowest BCUT2D eigenvalue weighted by Gasteiger charge is -2.24. The van der Waals surface area contributed by atoms with Gasteiger partial charge in [0, 0.05) is 25.7 Å². The Labute approximate surface area is 158 Å². The molecule has 0 radical (unpaired) electrons. The summed E-state index contributed by atoms with van der Waals surface area (Å²) in [5, 5.41) is 7.22. The molecule has 0 unspecified atom stereocenters. The minimum atomic E-state index is -0.249. The molecule has 1 N–H and O–H groups in total. The van der Waals surface area contributed by atoms with Crippen LogP contribution in [0.4, 0.5) is 9.18 Å². The maximum Gasteiger partial charge on any atom is 0.318 e. The summed E-state index contributed by atoms with van der Waals surface area (Å²) in [4.78, 5) is 16.2. The Hall–Kier alpha value is -1.63. The van der Waals surface area contributed by atoms with Crippen LogP contribution in [-0.4, -0.2) is 36.5 Å². The van der Waals surface area contributed by atoms with Gasteiger partial charge in [0.15, 0.2) is 0 Å². The first-order valence-electron chi connectivity index (χ1n) is 8.03. The standard InChI is InChI=1S/C18H22FN3OS.ClH/c1-21(2)17(14-6-8-24-12-14)5-7-20-18(23)22-10-13-3-4-16(19)9-15(13)11-22;/h3-4,6,8-9,12,17H,5,7,10-11H2,1-2H3,(H,20,23);1H/t17-;/m1./s1. The summed E-state index contributed by atoms with van der Waals surface area (Å²) in [6.07, 6.45) is 0.852. The number of carbonyl (C=O) groups is 1. The predicted molar refractivity (Wildman–Crippen MR) is 102 cm³/mol. The topological polar surface area (TPSA) is 35.6 Å². The van der Waals surface area contributed by atoms with E-state index in [-0.39, 0.29) is 24.3 Å². The largest absolute Gasteiger partial charge is 0.338 e. The fourth-order valence-corrected chi connectivity index (χ4v) is 3.83. The summed E-state index contributed by atoms with van der Waals surface area (Å²) < 4.78 is 13.3. The molecule has 0 spiro atoms. The van der Waals surface area contributed by atoms with Crippen molar-refractivity contribution in [2.75, 3.05) is 20.6 Å². The molecular formula is C18H23ClFN3OS. The summed E-state index contributed by atoms with van der Waals surface area (Å²) in [6.45, 7) is 1.63. The second-order valence-electron chi connectivity index (χ2n) is 6.33. The van der Waals surface area contributed by atoms with Crippen molar-refractivity contribution in [1.82, 2.24) is 15.1 Å². The van der Waals surface area contributed by atoms with Gasteiger partial charge < -0.3 is 15.1 Å². The molecular weight excluding hydrogens is 361 g/mol. The van der Waals surface area contributed by atoms with Crippen molar-refractivity contribution >= 4 is 29.8 Å². The van der Waals surface area contributed by atoms with Crippen LogP contribution < -0.4 is 5.32 Å². The zero-order valence-corrected chi connectivity index (χ0v) is 16.0. The molecule has 0 saturated heterocycles. The number of fused-ring (bicyclic) bond motifs is 1. The Morgan fingerprint density at radius 2 is 2.08 bits per heavy atom. The molecule has 0 fully saturated rings. The van der Waals surface area contributed by atoms with Crippen molar-refractivity contribution in [2.24, 2.45) is 0 Å². The summed E-state index contributed by atoms with van der Waals surface area (Å²) in [7, 11) is 4.10. The maximum atomic E-state index is 13.3. The van der Waals surface area contributed by atoms with Crippen LogP contribution in [0.2, 0.25) is 0 Å². The molecule has 4 nitrogen and oxygen atoms in total. The number of carbonyl (C=O) groups excluding carboxylic acids is 1. The molecule has 7 heteroatoms. The molecule has 1 aromatic carbocycles. The van der Waals surface area contributed by atoms with Crippen molar-refractivity contribution in [3.63, 3.8) is 0 Å². The molecule has 0 saturated carbocycles. The fourth-order valence-electron chi connectivity index (χ4n) is 3.12. The van der Waals surface area contributed by atoms with Gasteiger partial charge in [-0.15, -0.1) is 12.4 Å². The highest BCUT2D eigenvalue weighted by Crippen LogP contribution is 2.25. The van der Waals surface area contributed by atoms with E-state index in [1.54, 1.807) is 22.3 Å². The molecule has 1 atom stereocenters. The molecule has 3 rings (SSSR count). The van der Waals surface area contributed by atoms with E-state index >= 15 is 0 Å². The van der Waals surface area contributed by atoms with E-state index in [0.29, 0.717) is 25.7 Å². The van der Waals surface area contributed by atoms with Gasteiger partial charge in [0.05, 0.1) is 0 Å². The van der Waals surface area contributed by atoms with Crippen LogP contribution in [0.5, 0.6) is 0 Å². The van der Waals surface area contributed by atoms with E-state index in [2.05, 4.69) is 41.1 Å². The molecule has 136 valence electrons. The first-order chi connectivity index (χ1) is 11.5. The first kappa shape index (κ1) is 19.7. The minimum Gasteiger partial charge on any atom is -0.338 e. The number of nitrogens with zero attached hydrogens (tertiary/aromatic N) is 2. The van der Waals surface area contributed by atoms with Crippen LogP contribution in [0.25, 0.3) is 0 Å². The van der Waals surface area contributed by atoms with Gasteiger partial charge in [-0.3, -0.25) is 0 Å². The highest BCUT2D eigenvalue weighted by atomic mass is 35.5.